The van der Waals surface area contributed by atoms with Crippen molar-refractivity contribution in [2.24, 2.45) is 0 Å². The van der Waals surface area contributed by atoms with E-state index in [4.69, 9.17) is 10.2 Å². The molecule has 3 heterocycles. The summed E-state index contributed by atoms with van der Waals surface area (Å²) in [6.07, 6.45) is 5.25. The Kier molecular flexibility index (Phi) is 4.59. The van der Waals surface area contributed by atoms with Gasteiger partial charge >= 0.3 is 0 Å². The number of nitrogens with one attached hydrogen (secondary N) is 1. The van der Waals surface area contributed by atoms with Crippen LogP contribution in [0.3, 0.4) is 0 Å². The van der Waals surface area contributed by atoms with E-state index < -0.39 is 0 Å². The first-order valence-electron chi connectivity index (χ1n) is 8.51. The van der Waals surface area contributed by atoms with Gasteiger partial charge in [0, 0.05) is 35.6 Å². The molecule has 7 nitrogen and oxygen atoms in total. The van der Waals surface area contributed by atoms with Crippen molar-refractivity contribution in [3.8, 4) is 22.5 Å². The molecule has 4 aromatic rings. The van der Waals surface area contributed by atoms with E-state index in [1.54, 1.807) is 35.2 Å². The number of aliphatic hydroxyl groups is 1. The van der Waals surface area contributed by atoms with Gasteiger partial charge in [0.1, 0.15) is 0 Å². The molecule has 0 spiro atoms. The number of carbonyl (C=O) groups excluding carboxylic acids is 1. The summed E-state index contributed by atoms with van der Waals surface area (Å²) in [6, 6.07) is 14.8. The molecule has 0 unspecified atom stereocenters. The second-order valence-corrected chi connectivity index (χ2v) is 5.93. The van der Waals surface area contributed by atoms with Crippen molar-refractivity contribution in [1.82, 2.24) is 24.9 Å². The fraction of sp³-hybridized carbons (Fsp3) is 0.100. The van der Waals surface area contributed by atoms with Gasteiger partial charge in [-0.3, -0.25) is 9.78 Å². The molecule has 0 atom stereocenters. The Balaban J connectivity index is 1.73. The Morgan fingerprint density at radius 3 is 2.78 bits per heavy atom. The number of rotatable bonds is 5. The predicted molar refractivity (Wildman–Crippen MR) is 101 cm³/mol. The number of hydrogen-bond donors (Lipinski definition) is 2. The Hall–Kier alpha value is -3.58. The summed E-state index contributed by atoms with van der Waals surface area (Å²) in [6.45, 7) is 0.123. The van der Waals surface area contributed by atoms with Gasteiger partial charge in [-0.25, -0.2) is 9.50 Å². The first kappa shape index (κ1) is 16.9. The van der Waals surface area contributed by atoms with Gasteiger partial charge in [0.25, 0.3) is 5.91 Å². The van der Waals surface area contributed by atoms with Gasteiger partial charge in [-0.2, -0.15) is 5.10 Å². The van der Waals surface area contributed by atoms with Crippen LogP contribution in [0, 0.1) is 0 Å². The van der Waals surface area contributed by atoms with Crippen molar-refractivity contribution in [3.63, 3.8) is 0 Å². The molecule has 0 aliphatic carbocycles. The average Bonchev–Trinajstić information content (AvgIpc) is 3.16. The van der Waals surface area contributed by atoms with Crippen molar-refractivity contribution >= 4 is 11.6 Å². The molecular formula is C20H17N5O2. The number of nitrogens with zero attached hydrogens (tertiary/aromatic N) is 4. The quantitative estimate of drug-likeness (QED) is 0.570. The van der Waals surface area contributed by atoms with Gasteiger partial charge in [0.05, 0.1) is 24.2 Å². The number of hydrogen-bond acceptors (Lipinski definition) is 5. The van der Waals surface area contributed by atoms with E-state index in [9.17, 15) is 4.79 Å². The number of benzene rings is 1. The molecule has 0 fully saturated rings. The summed E-state index contributed by atoms with van der Waals surface area (Å²) < 4.78 is 1.77. The van der Waals surface area contributed by atoms with Gasteiger partial charge in [0.15, 0.2) is 5.65 Å². The minimum Gasteiger partial charge on any atom is -0.395 e. The second-order valence-electron chi connectivity index (χ2n) is 5.93. The van der Waals surface area contributed by atoms with Crippen LogP contribution in [-0.4, -0.2) is 43.7 Å². The zero-order valence-corrected chi connectivity index (χ0v) is 14.4. The summed E-state index contributed by atoms with van der Waals surface area (Å²) >= 11 is 0. The van der Waals surface area contributed by atoms with Crippen LogP contribution in [0.25, 0.3) is 28.2 Å². The highest BCUT2D eigenvalue weighted by molar-refractivity contribution is 5.95. The molecule has 0 radical (unpaired) electrons. The predicted octanol–water partition coefficient (Wildman–Crippen LogP) is 2.18. The lowest BCUT2D eigenvalue weighted by molar-refractivity contribution is 0.0945. The molecule has 1 aromatic carbocycles. The maximum Gasteiger partial charge on any atom is 0.251 e. The van der Waals surface area contributed by atoms with Crippen LogP contribution >= 0.6 is 0 Å². The Bertz CT molecular complexity index is 1090. The molecule has 4 rings (SSSR count). The summed E-state index contributed by atoms with van der Waals surface area (Å²) in [5, 5.41) is 16.2. The highest BCUT2D eigenvalue weighted by Gasteiger charge is 2.11. The van der Waals surface area contributed by atoms with Crippen molar-refractivity contribution in [1.29, 1.82) is 0 Å². The summed E-state index contributed by atoms with van der Waals surface area (Å²) in [7, 11) is 0. The van der Waals surface area contributed by atoms with Gasteiger partial charge < -0.3 is 10.4 Å². The number of pyridine rings is 1. The zero-order valence-electron chi connectivity index (χ0n) is 14.4. The van der Waals surface area contributed by atoms with Gasteiger partial charge in [-0.1, -0.05) is 12.1 Å². The zero-order chi connectivity index (χ0) is 18.6. The fourth-order valence-corrected chi connectivity index (χ4v) is 2.83. The maximum absolute atomic E-state index is 12.1. The van der Waals surface area contributed by atoms with E-state index in [0.29, 0.717) is 5.56 Å². The van der Waals surface area contributed by atoms with E-state index >= 15 is 0 Å². The minimum atomic E-state index is -0.231. The molecule has 0 aliphatic heterocycles. The van der Waals surface area contributed by atoms with Gasteiger partial charge in [-0.05, 0) is 36.4 Å². The lowest BCUT2D eigenvalue weighted by Crippen LogP contribution is -2.26. The molecule has 0 saturated carbocycles. The first-order chi connectivity index (χ1) is 13.3. The standard InChI is InChI=1S/C20H17N5O2/c26-10-9-22-20(27)15-4-1-3-14(11-15)17-6-7-19-23-13-18(25(19)24-17)16-5-2-8-21-12-16/h1-8,11-13,26H,9-10H2,(H,22,27). The molecule has 3 aromatic heterocycles. The van der Waals surface area contributed by atoms with E-state index in [2.05, 4.69) is 15.3 Å². The highest BCUT2D eigenvalue weighted by atomic mass is 16.3. The number of amides is 1. The highest BCUT2D eigenvalue weighted by Crippen LogP contribution is 2.23. The van der Waals surface area contributed by atoms with Gasteiger partial charge in [-0.15, -0.1) is 0 Å². The first-order valence-corrected chi connectivity index (χ1v) is 8.51. The number of aliphatic hydroxyl groups excluding tert-OH is 1. The van der Waals surface area contributed by atoms with E-state index in [1.165, 1.54) is 0 Å². The molecule has 2 N–H and O–H groups in total. The van der Waals surface area contributed by atoms with Crippen molar-refractivity contribution < 1.29 is 9.90 Å². The van der Waals surface area contributed by atoms with Crippen LogP contribution in [-0.2, 0) is 0 Å². The molecule has 0 bridgehead atoms. The lowest BCUT2D eigenvalue weighted by atomic mass is 10.1. The van der Waals surface area contributed by atoms with E-state index in [0.717, 1.165) is 28.2 Å². The number of aromatic nitrogens is 4. The Morgan fingerprint density at radius 2 is 1.96 bits per heavy atom. The van der Waals surface area contributed by atoms with Crippen LogP contribution < -0.4 is 5.32 Å². The topological polar surface area (TPSA) is 92.4 Å². The molecule has 1 amide bonds. The minimum absolute atomic E-state index is 0.0958. The third kappa shape index (κ3) is 3.40. The number of carbonyl (C=O) groups is 1. The summed E-state index contributed by atoms with van der Waals surface area (Å²) in [5.74, 6) is -0.231. The average molecular weight is 359 g/mol. The molecular weight excluding hydrogens is 342 g/mol. The molecule has 27 heavy (non-hydrogen) atoms. The normalized spacial score (nSPS) is 10.9. The van der Waals surface area contributed by atoms with Crippen molar-refractivity contribution in [2.45, 2.75) is 0 Å². The third-order valence-corrected chi connectivity index (χ3v) is 4.14. The number of imidazole rings is 1. The second kappa shape index (κ2) is 7.35. The van der Waals surface area contributed by atoms with Gasteiger partial charge in [0.2, 0.25) is 0 Å². The Labute approximate surface area is 155 Å². The summed E-state index contributed by atoms with van der Waals surface area (Å²) in [5.41, 5.74) is 4.56. The molecule has 0 saturated heterocycles. The largest absolute Gasteiger partial charge is 0.395 e. The van der Waals surface area contributed by atoms with Crippen LogP contribution in [0.2, 0.25) is 0 Å². The molecule has 7 heteroatoms. The van der Waals surface area contributed by atoms with Crippen LogP contribution in [0.15, 0.2) is 67.1 Å². The SMILES string of the molecule is O=C(NCCO)c1cccc(-c2ccc3ncc(-c4cccnc4)n3n2)c1. The fourth-order valence-electron chi connectivity index (χ4n) is 2.83. The van der Waals surface area contributed by atoms with Crippen LogP contribution in [0.4, 0.5) is 0 Å². The molecule has 0 aliphatic rings. The van der Waals surface area contributed by atoms with Crippen molar-refractivity contribution in [3.05, 3.63) is 72.7 Å². The Morgan fingerprint density at radius 1 is 1.07 bits per heavy atom. The van der Waals surface area contributed by atoms with Crippen LogP contribution in [0.5, 0.6) is 0 Å². The molecule has 134 valence electrons. The van der Waals surface area contributed by atoms with Crippen LogP contribution in [0.1, 0.15) is 10.4 Å². The lowest BCUT2D eigenvalue weighted by Gasteiger charge is -2.07. The maximum atomic E-state index is 12.1. The third-order valence-electron chi connectivity index (χ3n) is 4.14. The van der Waals surface area contributed by atoms with E-state index in [-0.39, 0.29) is 19.1 Å². The van der Waals surface area contributed by atoms with Crippen molar-refractivity contribution in [2.75, 3.05) is 13.2 Å². The van der Waals surface area contributed by atoms with E-state index in [1.807, 2.05) is 36.4 Å². The smallest absolute Gasteiger partial charge is 0.251 e. The monoisotopic (exact) mass is 359 g/mol. The summed E-state index contributed by atoms with van der Waals surface area (Å²) in [4.78, 5) is 20.7. The number of fused-ring (bicyclic) bond motifs is 1.